The lowest BCUT2D eigenvalue weighted by atomic mass is 10.0. The Morgan fingerprint density at radius 2 is 1.69 bits per heavy atom. The summed E-state index contributed by atoms with van der Waals surface area (Å²) in [5.74, 6) is 1.70. The van der Waals surface area contributed by atoms with Gasteiger partial charge in [0.1, 0.15) is 5.82 Å². The van der Waals surface area contributed by atoms with E-state index in [1.54, 1.807) is 12.4 Å². The molecule has 0 radical (unpaired) electrons. The highest BCUT2D eigenvalue weighted by Gasteiger charge is 2.41. The van der Waals surface area contributed by atoms with Gasteiger partial charge in [-0.25, -0.2) is 24.9 Å². The van der Waals surface area contributed by atoms with Crippen molar-refractivity contribution < 1.29 is 19.7 Å². The third-order valence-electron chi connectivity index (χ3n) is 5.43. The van der Waals surface area contributed by atoms with Crippen LogP contribution >= 0.6 is 0 Å². The van der Waals surface area contributed by atoms with Crippen molar-refractivity contribution in [3.8, 4) is 11.4 Å². The van der Waals surface area contributed by atoms with E-state index in [0.29, 0.717) is 73.6 Å². The largest absolute Gasteiger partial charge is 0.393 e. The molecule has 32 heavy (non-hydrogen) atoms. The van der Waals surface area contributed by atoms with Gasteiger partial charge in [-0.2, -0.15) is 0 Å². The number of imidazole rings is 1. The lowest BCUT2D eigenvalue weighted by Crippen LogP contribution is -2.44. The summed E-state index contributed by atoms with van der Waals surface area (Å²) in [4.78, 5) is 24.4. The molecular formula is C20H28N8O4. The number of anilines is 2. The van der Waals surface area contributed by atoms with Crippen molar-refractivity contribution in [1.29, 1.82) is 0 Å². The molecule has 1 saturated heterocycles. The Balaban J connectivity index is 0.00000119. The van der Waals surface area contributed by atoms with Crippen molar-refractivity contribution in [2.45, 2.75) is 26.0 Å². The number of ether oxygens (including phenoxy) is 2. The molecular weight excluding hydrogens is 416 g/mol. The van der Waals surface area contributed by atoms with E-state index in [4.69, 9.17) is 30.2 Å². The quantitative estimate of drug-likeness (QED) is 0.495. The monoisotopic (exact) mass is 444 g/mol. The number of aliphatic hydroxyl groups is 2. The fourth-order valence-corrected chi connectivity index (χ4v) is 3.80. The SMILES string of the molecule is CC.Nc1ncc(-c2nc(N3CCOCC3)c3nc4n(c3n2)CCOC4(CO)CO)cn1. The molecule has 0 amide bonds. The average molecular weight is 444 g/mol. The minimum atomic E-state index is -1.29. The van der Waals surface area contributed by atoms with E-state index in [2.05, 4.69) is 14.9 Å². The molecule has 3 aromatic heterocycles. The van der Waals surface area contributed by atoms with Crippen LogP contribution in [0.15, 0.2) is 12.4 Å². The van der Waals surface area contributed by atoms with Crippen LogP contribution in [-0.4, -0.2) is 85.8 Å². The van der Waals surface area contributed by atoms with Gasteiger partial charge in [0.15, 0.2) is 28.4 Å². The smallest absolute Gasteiger partial charge is 0.219 e. The molecule has 0 saturated carbocycles. The summed E-state index contributed by atoms with van der Waals surface area (Å²) in [6.45, 7) is 6.50. The fraction of sp³-hybridized carbons (Fsp3) is 0.550. The van der Waals surface area contributed by atoms with Gasteiger partial charge in [-0.3, -0.25) is 0 Å². The molecule has 0 unspecified atom stereocenters. The number of nitrogen functional groups attached to an aromatic ring is 1. The zero-order valence-electron chi connectivity index (χ0n) is 18.2. The van der Waals surface area contributed by atoms with E-state index in [1.165, 1.54) is 0 Å². The van der Waals surface area contributed by atoms with E-state index in [1.807, 2.05) is 18.4 Å². The minimum absolute atomic E-state index is 0.169. The molecule has 0 spiro atoms. The van der Waals surface area contributed by atoms with E-state index in [-0.39, 0.29) is 5.95 Å². The van der Waals surface area contributed by atoms with Crippen LogP contribution in [0.4, 0.5) is 11.8 Å². The van der Waals surface area contributed by atoms with Crippen molar-refractivity contribution in [2.75, 3.05) is 56.8 Å². The molecule has 12 nitrogen and oxygen atoms in total. The van der Waals surface area contributed by atoms with Gasteiger partial charge in [0.25, 0.3) is 0 Å². The Labute approximate surface area is 185 Å². The van der Waals surface area contributed by atoms with E-state index in [0.717, 1.165) is 0 Å². The Kier molecular flexibility index (Phi) is 6.46. The molecule has 1 fully saturated rings. The molecule has 4 N–H and O–H groups in total. The molecule has 0 aliphatic carbocycles. The number of morpholine rings is 1. The average Bonchev–Trinajstić information content (AvgIpc) is 3.25. The normalized spacial score (nSPS) is 17.6. The van der Waals surface area contributed by atoms with Crippen LogP contribution in [0.3, 0.4) is 0 Å². The summed E-state index contributed by atoms with van der Waals surface area (Å²) in [6.07, 6.45) is 3.16. The van der Waals surface area contributed by atoms with Gasteiger partial charge in [0.2, 0.25) is 5.95 Å². The summed E-state index contributed by atoms with van der Waals surface area (Å²) in [6, 6.07) is 0. The lowest BCUT2D eigenvalue weighted by Gasteiger charge is -2.33. The molecule has 5 heterocycles. The molecule has 2 aliphatic rings. The second-order valence-corrected chi connectivity index (χ2v) is 7.22. The number of rotatable bonds is 4. The van der Waals surface area contributed by atoms with Crippen molar-refractivity contribution in [1.82, 2.24) is 29.5 Å². The maximum atomic E-state index is 9.96. The van der Waals surface area contributed by atoms with Gasteiger partial charge in [-0.1, -0.05) is 13.8 Å². The zero-order chi connectivity index (χ0) is 22.7. The second-order valence-electron chi connectivity index (χ2n) is 7.22. The van der Waals surface area contributed by atoms with Crippen molar-refractivity contribution in [2.24, 2.45) is 0 Å². The Hall–Kier alpha value is -2.93. The highest BCUT2D eigenvalue weighted by molar-refractivity contribution is 5.86. The van der Waals surface area contributed by atoms with Gasteiger partial charge in [0, 0.05) is 32.0 Å². The van der Waals surface area contributed by atoms with Crippen LogP contribution in [0.2, 0.25) is 0 Å². The van der Waals surface area contributed by atoms with Gasteiger partial charge < -0.3 is 34.9 Å². The fourth-order valence-electron chi connectivity index (χ4n) is 3.80. The van der Waals surface area contributed by atoms with Crippen molar-refractivity contribution in [3.05, 3.63) is 18.2 Å². The Morgan fingerprint density at radius 1 is 1.00 bits per heavy atom. The van der Waals surface area contributed by atoms with E-state index >= 15 is 0 Å². The number of aliphatic hydroxyl groups excluding tert-OH is 2. The summed E-state index contributed by atoms with van der Waals surface area (Å²) in [5.41, 5.74) is 6.14. The Bertz CT molecular complexity index is 1060. The number of hydrogen-bond acceptors (Lipinski definition) is 11. The van der Waals surface area contributed by atoms with Gasteiger partial charge >= 0.3 is 0 Å². The van der Waals surface area contributed by atoms with Crippen molar-refractivity contribution >= 4 is 22.9 Å². The maximum absolute atomic E-state index is 9.96. The topological polar surface area (TPSA) is 158 Å². The molecule has 12 heteroatoms. The van der Waals surface area contributed by atoms with Gasteiger partial charge in [-0.05, 0) is 0 Å². The van der Waals surface area contributed by atoms with Crippen LogP contribution in [0.1, 0.15) is 19.7 Å². The van der Waals surface area contributed by atoms with E-state index in [9.17, 15) is 10.2 Å². The van der Waals surface area contributed by atoms with Crippen LogP contribution in [0.5, 0.6) is 0 Å². The first-order chi connectivity index (χ1) is 15.6. The van der Waals surface area contributed by atoms with Gasteiger partial charge in [-0.15, -0.1) is 0 Å². The van der Waals surface area contributed by atoms with Crippen molar-refractivity contribution in [3.63, 3.8) is 0 Å². The first-order valence-corrected chi connectivity index (χ1v) is 10.7. The molecule has 5 rings (SSSR count). The number of aromatic nitrogens is 6. The molecule has 172 valence electrons. The molecule has 0 atom stereocenters. The first kappa shape index (κ1) is 22.3. The minimum Gasteiger partial charge on any atom is -0.393 e. The first-order valence-electron chi connectivity index (χ1n) is 10.7. The highest BCUT2D eigenvalue weighted by atomic mass is 16.5. The third kappa shape index (κ3) is 3.75. The molecule has 3 aromatic rings. The third-order valence-corrected chi connectivity index (χ3v) is 5.43. The van der Waals surface area contributed by atoms with Gasteiger partial charge in [0.05, 0.1) is 38.6 Å². The summed E-state index contributed by atoms with van der Waals surface area (Å²) in [5, 5.41) is 19.9. The summed E-state index contributed by atoms with van der Waals surface area (Å²) in [7, 11) is 0. The Morgan fingerprint density at radius 3 is 2.34 bits per heavy atom. The maximum Gasteiger partial charge on any atom is 0.219 e. The number of hydrogen-bond donors (Lipinski definition) is 3. The highest BCUT2D eigenvalue weighted by Crippen LogP contribution is 2.35. The standard InChI is InChI=1S/C18H22N8O4.C2H6/c19-17-20-7-11(8-21-17)13-23-14(25-1-4-29-5-2-25)12-15(24-13)26-3-6-30-18(9-27,10-28)16(26)22-12;1-2/h7-8,27-28H,1-6,9-10H2,(H2,19,20,21);1-2H3. The molecule has 2 aliphatic heterocycles. The van der Waals surface area contributed by atoms with Crippen LogP contribution in [0, 0.1) is 0 Å². The second kappa shape index (κ2) is 9.28. The van der Waals surface area contributed by atoms with Crippen LogP contribution < -0.4 is 10.6 Å². The van der Waals surface area contributed by atoms with Crippen LogP contribution in [-0.2, 0) is 21.6 Å². The lowest BCUT2D eigenvalue weighted by molar-refractivity contribution is -0.136. The predicted molar refractivity (Wildman–Crippen MR) is 117 cm³/mol. The number of fused-ring (bicyclic) bond motifs is 3. The zero-order valence-corrected chi connectivity index (χ0v) is 18.2. The molecule has 0 aromatic carbocycles. The number of nitrogens with two attached hydrogens (primary N) is 1. The summed E-state index contributed by atoms with van der Waals surface area (Å²) >= 11 is 0. The molecule has 0 bridgehead atoms. The van der Waals surface area contributed by atoms with Crippen LogP contribution in [0.25, 0.3) is 22.6 Å². The summed E-state index contributed by atoms with van der Waals surface area (Å²) < 4.78 is 13.1. The predicted octanol–water partition coefficient (Wildman–Crippen LogP) is -0.0616. The van der Waals surface area contributed by atoms with E-state index < -0.39 is 18.8 Å². The number of nitrogens with zero attached hydrogens (tertiary/aromatic N) is 7.